The first-order chi connectivity index (χ1) is 9.74. The molecule has 1 fully saturated rings. The molecule has 0 atom stereocenters. The topological polar surface area (TPSA) is 63.2 Å². The quantitative estimate of drug-likeness (QED) is 0.406. The van der Waals surface area contributed by atoms with E-state index in [9.17, 15) is 4.79 Å². The lowest BCUT2D eigenvalue weighted by Crippen LogP contribution is -3.27. The number of carbonyl (C=O) groups excluding carboxylic acids is 1. The third kappa shape index (κ3) is 5.07. The van der Waals surface area contributed by atoms with Gasteiger partial charge in [0.05, 0.1) is 26.2 Å². The number of hydrogen-bond donors (Lipinski definition) is 3. The number of hydrazone groups is 1. The Balaban J connectivity index is 1.64. The minimum absolute atomic E-state index is 0.0242. The van der Waals surface area contributed by atoms with Crippen molar-refractivity contribution in [3.63, 3.8) is 0 Å². The minimum Gasteiger partial charge on any atom is -0.328 e. The van der Waals surface area contributed by atoms with E-state index in [0.29, 0.717) is 6.42 Å². The SMILES string of the molecule is C[NH+]1CC[NH+](CCC(=O)N/N=C\c2cccnc2)CC1. The summed E-state index contributed by atoms with van der Waals surface area (Å²) in [4.78, 5) is 18.8. The second kappa shape index (κ2) is 7.72. The number of nitrogens with one attached hydrogen (secondary N) is 3. The van der Waals surface area contributed by atoms with Crippen LogP contribution in [0.15, 0.2) is 29.6 Å². The zero-order chi connectivity index (χ0) is 14.2. The van der Waals surface area contributed by atoms with Crippen molar-refractivity contribution in [2.75, 3.05) is 39.8 Å². The van der Waals surface area contributed by atoms with Gasteiger partial charge >= 0.3 is 0 Å². The van der Waals surface area contributed by atoms with Gasteiger partial charge in [-0.05, 0) is 6.07 Å². The molecule has 20 heavy (non-hydrogen) atoms. The molecule has 1 amide bonds. The van der Waals surface area contributed by atoms with E-state index in [-0.39, 0.29) is 5.91 Å². The van der Waals surface area contributed by atoms with Gasteiger partial charge in [0.25, 0.3) is 0 Å². The molecule has 1 aromatic rings. The number of amides is 1. The monoisotopic (exact) mass is 277 g/mol. The number of pyridine rings is 1. The van der Waals surface area contributed by atoms with Gasteiger partial charge < -0.3 is 9.80 Å². The van der Waals surface area contributed by atoms with Crippen LogP contribution in [0.3, 0.4) is 0 Å². The molecule has 108 valence electrons. The van der Waals surface area contributed by atoms with Crippen molar-refractivity contribution in [1.29, 1.82) is 0 Å². The van der Waals surface area contributed by atoms with Crippen molar-refractivity contribution in [3.05, 3.63) is 30.1 Å². The van der Waals surface area contributed by atoms with Crippen LogP contribution in [0.5, 0.6) is 0 Å². The van der Waals surface area contributed by atoms with Crippen LogP contribution >= 0.6 is 0 Å². The van der Waals surface area contributed by atoms with Crippen LogP contribution in [0.4, 0.5) is 0 Å². The van der Waals surface area contributed by atoms with Crippen LogP contribution in [0.1, 0.15) is 12.0 Å². The minimum atomic E-state index is -0.0242. The number of carbonyl (C=O) groups is 1. The molecule has 1 saturated heterocycles. The Hall–Kier alpha value is -1.79. The maximum Gasteiger partial charge on any atom is 0.245 e. The fourth-order valence-corrected chi connectivity index (χ4v) is 2.26. The summed E-state index contributed by atoms with van der Waals surface area (Å²) < 4.78 is 0. The Morgan fingerprint density at radius 3 is 2.95 bits per heavy atom. The van der Waals surface area contributed by atoms with E-state index in [1.807, 2.05) is 12.1 Å². The highest BCUT2D eigenvalue weighted by Crippen LogP contribution is 1.89. The second-order valence-electron chi connectivity index (χ2n) is 5.29. The highest BCUT2D eigenvalue weighted by molar-refractivity contribution is 5.81. The number of aromatic nitrogens is 1. The summed E-state index contributed by atoms with van der Waals surface area (Å²) in [7, 11) is 2.22. The van der Waals surface area contributed by atoms with Crippen LogP contribution in [0.2, 0.25) is 0 Å². The molecule has 6 nitrogen and oxygen atoms in total. The van der Waals surface area contributed by atoms with Crippen molar-refractivity contribution in [3.8, 4) is 0 Å². The molecular formula is C14H23N5O+2. The average molecular weight is 277 g/mol. The molecule has 0 radical (unpaired) electrons. The lowest BCUT2D eigenvalue weighted by molar-refractivity contribution is -1.00. The summed E-state index contributed by atoms with van der Waals surface area (Å²) in [6.45, 7) is 5.57. The first-order valence-electron chi connectivity index (χ1n) is 7.11. The van der Waals surface area contributed by atoms with E-state index in [1.54, 1.807) is 23.5 Å². The van der Waals surface area contributed by atoms with Crippen molar-refractivity contribution >= 4 is 12.1 Å². The van der Waals surface area contributed by atoms with Crippen LogP contribution in [0, 0.1) is 0 Å². The Bertz CT molecular complexity index is 440. The first-order valence-corrected chi connectivity index (χ1v) is 7.11. The molecule has 0 saturated carbocycles. The van der Waals surface area contributed by atoms with Gasteiger partial charge in [0, 0.05) is 18.0 Å². The highest BCUT2D eigenvalue weighted by atomic mass is 16.2. The molecular weight excluding hydrogens is 254 g/mol. The van der Waals surface area contributed by atoms with Gasteiger partial charge in [0.2, 0.25) is 5.91 Å². The predicted octanol–water partition coefficient (Wildman–Crippen LogP) is -2.66. The zero-order valence-corrected chi connectivity index (χ0v) is 11.9. The van der Waals surface area contributed by atoms with Gasteiger partial charge in [-0.25, -0.2) is 5.43 Å². The molecule has 2 heterocycles. The average Bonchev–Trinajstić information content (AvgIpc) is 2.48. The maximum atomic E-state index is 11.7. The predicted molar refractivity (Wildman–Crippen MR) is 76.8 cm³/mol. The summed E-state index contributed by atoms with van der Waals surface area (Å²) in [6.07, 6.45) is 5.54. The molecule has 1 aliphatic heterocycles. The Labute approximate surface area is 119 Å². The van der Waals surface area contributed by atoms with Gasteiger partial charge in [0.1, 0.15) is 26.2 Å². The third-order valence-corrected chi connectivity index (χ3v) is 3.60. The zero-order valence-electron chi connectivity index (χ0n) is 11.9. The number of hydrogen-bond acceptors (Lipinski definition) is 3. The van der Waals surface area contributed by atoms with Gasteiger partial charge in [-0.15, -0.1) is 0 Å². The van der Waals surface area contributed by atoms with Gasteiger partial charge in [-0.1, -0.05) is 6.07 Å². The van der Waals surface area contributed by atoms with E-state index >= 15 is 0 Å². The van der Waals surface area contributed by atoms with Gasteiger partial charge in [0.15, 0.2) is 0 Å². The summed E-state index contributed by atoms with van der Waals surface area (Å²) in [5.74, 6) is -0.0242. The molecule has 0 aliphatic carbocycles. The summed E-state index contributed by atoms with van der Waals surface area (Å²) in [5.41, 5.74) is 3.44. The van der Waals surface area contributed by atoms with Crippen LogP contribution in [-0.4, -0.2) is 56.9 Å². The van der Waals surface area contributed by atoms with E-state index < -0.39 is 0 Å². The number of nitrogens with zero attached hydrogens (tertiary/aromatic N) is 2. The molecule has 6 heteroatoms. The molecule has 0 bridgehead atoms. The van der Waals surface area contributed by atoms with E-state index in [0.717, 1.165) is 25.2 Å². The Morgan fingerprint density at radius 1 is 1.45 bits per heavy atom. The molecule has 0 aromatic carbocycles. The highest BCUT2D eigenvalue weighted by Gasteiger charge is 2.20. The molecule has 2 rings (SSSR count). The van der Waals surface area contributed by atoms with E-state index in [4.69, 9.17) is 0 Å². The van der Waals surface area contributed by atoms with Gasteiger partial charge in [-0.3, -0.25) is 9.78 Å². The van der Waals surface area contributed by atoms with Crippen molar-refractivity contribution < 1.29 is 14.6 Å². The van der Waals surface area contributed by atoms with Crippen LogP contribution in [0.25, 0.3) is 0 Å². The number of rotatable bonds is 5. The van der Waals surface area contributed by atoms with E-state index in [1.165, 1.54) is 18.0 Å². The standard InChI is InChI=1S/C14H21N5O/c1-18-7-9-19(10-8-18)6-4-14(20)17-16-12-13-3-2-5-15-11-13/h2-3,5,11-12H,4,6-10H2,1H3,(H,17,20)/p+2/b16-12-. The lowest BCUT2D eigenvalue weighted by Gasteiger charge is -2.26. The summed E-state index contributed by atoms with van der Waals surface area (Å²) in [5, 5.41) is 3.94. The van der Waals surface area contributed by atoms with Gasteiger partial charge in [-0.2, -0.15) is 5.10 Å². The lowest BCUT2D eigenvalue weighted by atomic mass is 10.3. The number of quaternary nitrogens is 2. The fraction of sp³-hybridized carbons (Fsp3) is 0.500. The Morgan fingerprint density at radius 2 is 2.25 bits per heavy atom. The summed E-state index contributed by atoms with van der Waals surface area (Å²) in [6, 6.07) is 3.72. The molecule has 0 unspecified atom stereocenters. The van der Waals surface area contributed by atoms with Crippen molar-refractivity contribution in [2.24, 2.45) is 5.10 Å². The smallest absolute Gasteiger partial charge is 0.245 e. The largest absolute Gasteiger partial charge is 0.328 e. The van der Waals surface area contributed by atoms with E-state index in [2.05, 4.69) is 22.6 Å². The van der Waals surface area contributed by atoms with Crippen molar-refractivity contribution in [2.45, 2.75) is 6.42 Å². The molecule has 3 N–H and O–H groups in total. The van der Waals surface area contributed by atoms with Crippen molar-refractivity contribution in [1.82, 2.24) is 10.4 Å². The molecule has 1 aliphatic rings. The summed E-state index contributed by atoms with van der Waals surface area (Å²) >= 11 is 0. The normalized spacial score (nSPS) is 22.9. The molecule has 0 spiro atoms. The molecule has 1 aromatic heterocycles. The number of piperazine rings is 1. The Kier molecular flexibility index (Phi) is 5.64. The number of likely N-dealkylation sites (N-methyl/N-ethyl adjacent to an activating group) is 1. The maximum absolute atomic E-state index is 11.7. The van der Waals surface area contributed by atoms with Crippen LogP contribution < -0.4 is 15.2 Å². The first kappa shape index (κ1) is 14.6. The van der Waals surface area contributed by atoms with Crippen LogP contribution in [-0.2, 0) is 4.79 Å². The third-order valence-electron chi connectivity index (χ3n) is 3.60. The second-order valence-corrected chi connectivity index (χ2v) is 5.29. The fourth-order valence-electron chi connectivity index (χ4n) is 2.26.